The third-order valence-corrected chi connectivity index (χ3v) is 4.41. The van der Waals surface area contributed by atoms with E-state index in [4.69, 9.17) is 14.9 Å². The maximum absolute atomic E-state index is 12.1. The molecular formula is C19H26BN3O9. The first-order chi connectivity index (χ1) is 15.1. The average Bonchev–Trinajstić information content (AvgIpc) is 2.74. The van der Waals surface area contributed by atoms with Crippen LogP contribution in [0.2, 0.25) is 6.82 Å². The van der Waals surface area contributed by atoms with E-state index in [1.165, 1.54) is 6.20 Å². The standard InChI is InChI=1S/C19H26BN3O9/c1-20-12-8-11(9-21-10-12)16(26)22-7-3-2-4-14(18(29)30)32-19(31)23-13(17(27)28)5-6-15(24)25/h8-10,13-14,20H,2-7H2,1H3,(H,22,26)(H,23,31)(H,24,25)(H,27,28)(H,29,30)/t13-,14-/m0/s1. The molecule has 0 bridgehead atoms. The second-order valence-electron chi connectivity index (χ2n) is 6.89. The number of aromatic nitrogens is 1. The van der Waals surface area contributed by atoms with E-state index in [1.807, 2.05) is 12.1 Å². The molecule has 1 aromatic heterocycles. The summed E-state index contributed by atoms with van der Waals surface area (Å²) in [5.74, 6) is -4.43. The number of carbonyl (C=O) groups excluding carboxylic acids is 2. The fourth-order valence-corrected chi connectivity index (χ4v) is 2.63. The van der Waals surface area contributed by atoms with Crippen LogP contribution in [0.1, 0.15) is 42.5 Å². The predicted molar refractivity (Wildman–Crippen MR) is 112 cm³/mol. The van der Waals surface area contributed by atoms with Crippen molar-refractivity contribution in [3.05, 3.63) is 24.0 Å². The van der Waals surface area contributed by atoms with Gasteiger partial charge in [0.1, 0.15) is 6.04 Å². The molecule has 0 aliphatic rings. The summed E-state index contributed by atoms with van der Waals surface area (Å²) in [6.07, 6.45) is 0.108. The number of nitrogens with zero attached hydrogens (tertiary/aromatic N) is 1. The second-order valence-corrected chi connectivity index (χ2v) is 6.89. The Labute approximate surface area is 184 Å². The highest BCUT2D eigenvalue weighted by atomic mass is 16.6. The summed E-state index contributed by atoms with van der Waals surface area (Å²) in [5.41, 5.74) is 1.34. The SMILES string of the molecule is CBc1cncc(C(=O)NCCCC[C@H](OC(=O)N[C@@H](CCC(=O)O)C(=O)O)C(=O)O)c1. The number of carbonyl (C=O) groups is 5. The Morgan fingerprint density at radius 1 is 1.06 bits per heavy atom. The molecule has 2 atom stereocenters. The topological polar surface area (TPSA) is 192 Å². The summed E-state index contributed by atoms with van der Waals surface area (Å²) in [4.78, 5) is 60.9. The van der Waals surface area contributed by atoms with Crippen LogP contribution < -0.4 is 16.1 Å². The zero-order valence-electron chi connectivity index (χ0n) is 17.6. The van der Waals surface area contributed by atoms with Gasteiger partial charge in [0.25, 0.3) is 5.91 Å². The number of carboxylic acid groups (broad SMARTS) is 3. The van der Waals surface area contributed by atoms with Crippen LogP contribution in [0.15, 0.2) is 18.5 Å². The zero-order valence-corrected chi connectivity index (χ0v) is 17.6. The van der Waals surface area contributed by atoms with Crippen LogP contribution in [-0.2, 0) is 19.1 Å². The number of unbranched alkanes of at least 4 members (excludes halogenated alkanes) is 1. The molecule has 5 N–H and O–H groups in total. The van der Waals surface area contributed by atoms with Gasteiger partial charge in [0, 0.05) is 25.4 Å². The van der Waals surface area contributed by atoms with Crippen LogP contribution in [0.25, 0.3) is 0 Å². The van der Waals surface area contributed by atoms with Gasteiger partial charge >= 0.3 is 24.0 Å². The van der Waals surface area contributed by atoms with E-state index in [0.29, 0.717) is 18.4 Å². The number of hydrogen-bond acceptors (Lipinski definition) is 7. The summed E-state index contributed by atoms with van der Waals surface area (Å²) in [6.45, 7) is 2.21. The largest absolute Gasteiger partial charge is 0.481 e. The number of pyridine rings is 1. The zero-order chi connectivity index (χ0) is 24.1. The fourth-order valence-electron chi connectivity index (χ4n) is 2.63. The molecule has 0 aromatic carbocycles. The van der Waals surface area contributed by atoms with E-state index in [9.17, 15) is 29.1 Å². The van der Waals surface area contributed by atoms with E-state index < -0.39 is 42.6 Å². The molecule has 13 heteroatoms. The first kappa shape index (κ1) is 26.4. The van der Waals surface area contributed by atoms with E-state index in [-0.39, 0.29) is 25.3 Å². The van der Waals surface area contributed by atoms with Gasteiger partial charge in [-0.15, -0.1) is 0 Å². The normalized spacial score (nSPS) is 12.2. The molecule has 0 unspecified atom stereocenters. The lowest BCUT2D eigenvalue weighted by Gasteiger charge is -2.17. The highest BCUT2D eigenvalue weighted by Crippen LogP contribution is 2.07. The third-order valence-electron chi connectivity index (χ3n) is 4.41. The van der Waals surface area contributed by atoms with Crippen molar-refractivity contribution in [2.75, 3.05) is 6.54 Å². The highest BCUT2D eigenvalue weighted by molar-refractivity contribution is 6.51. The van der Waals surface area contributed by atoms with Crippen molar-refractivity contribution in [3.8, 4) is 0 Å². The highest BCUT2D eigenvalue weighted by Gasteiger charge is 2.26. The minimum Gasteiger partial charge on any atom is -0.481 e. The van der Waals surface area contributed by atoms with Crippen molar-refractivity contribution in [1.29, 1.82) is 0 Å². The molecule has 1 aromatic rings. The van der Waals surface area contributed by atoms with Crippen molar-refractivity contribution in [2.45, 2.75) is 51.1 Å². The first-order valence-corrected chi connectivity index (χ1v) is 10.0. The van der Waals surface area contributed by atoms with Gasteiger partial charge in [-0.2, -0.15) is 0 Å². The number of ether oxygens (including phenoxy) is 1. The van der Waals surface area contributed by atoms with Gasteiger partial charge in [-0.25, -0.2) is 14.4 Å². The molecule has 174 valence electrons. The number of rotatable bonds is 14. The number of hydrogen-bond donors (Lipinski definition) is 5. The summed E-state index contributed by atoms with van der Waals surface area (Å²) < 4.78 is 4.77. The monoisotopic (exact) mass is 451 g/mol. The van der Waals surface area contributed by atoms with E-state index in [0.717, 1.165) is 12.7 Å². The van der Waals surface area contributed by atoms with Gasteiger partial charge in [0.2, 0.25) is 6.10 Å². The lowest BCUT2D eigenvalue weighted by atomic mass is 9.74. The Morgan fingerprint density at radius 3 is 2.38 bits per heavy atom. The minimum atomic E-state index is -1.52. The fraction of sp³-hybridized carbons (Fsp3) is 0.474. The molecule has 0 spiro atoms. The van der Waals surface area contributed by atoms with Crippen LogP contribution in [0, 0.1) is 0 Å². The lowest BCUT2D eigenvalue weighted by molar-refractivity contribution is -0.147. The van der Waals surface area contributed by atoms with E-state index in [2.05, 4.69) is 10.3 Å². The quantitative estimate of drug-likeness (QED) is 0.183. The molecular weight excluding hydrogens is 425 g/mol. The van der Waals surface area contributed by atoms with Crippen molar-refractivity contribution >= 4 is 42.7 Å². The minimum absolute atomic E-state index is 0.0572. The van der Waals surface area contributed by atoms with Gasteiger partial charge in [0.05, 0.1) is 5.56 Å². The summed E-state index contributed by atoms with van der Waals surface area (Å²) in [6, 6.07) is 0.208. The first-order valence-electron chi connectivity index (χ1n) is 10.0. The lowest BCUT2D eigenvalue weighted by Crippen LogP contribution is -2.43. The third kappa shape index (κ3) is 9.91. The van der Waals surface area contributed by atoms with Gasteiger partial charge < -0.3 is 30.7 Å². The van der Waals surface area contributed by atoms with Crippen LogP contribution in [-0.4, -0.2) is 76.2 Å². The van der Waals surface area contributed by atoms with E-state index in [1.54, 1.807) is 12.3 Å². The molecule has 32 heavy (non-hydrogen) atoms. The average molecular weight is 451 g/mol. The number of carboxylic acids is 3. The van der Waals surface area contributed by atoms with Gasteiger partial charge in [-0.3, -0.25) is 14.6 Å². The summed E-state index contributed by atoms with van der Waals surface area (Å²) >= 11 is 0. The summed E-state index contributed by atoms with van der Waals surface area (Å²) in [5, 5.41) is 31.5. The van der Waals surface area contributed by atoms with Crippen LogP contribution in [0.4, 0.5) is 4.79 Å². The molecule has 0 saturated heterocycles. The molecule has 0 radical (unpaired) electrons. The number of aliphatic carboxylic acids is 3. The molecule has 1 heterocycles. The maximum Gasteiger partial charge on any atom is 0.408 e. The van der Waals surface area contributed by atoms with Crippen LogP contribution in [0.5, 0.6) is 0 Å². The van der Waals surface area contributed by atoms with Crippen molar-refractivity contribution in [3.63, 3.8) is 0 Å². The Morgan fingerprint density at radius 2 is 1.78 bits per heavy atom. The molecule has 0 aliphatic heterocycles. The van der Waals surface area contributed by atoms with Crippen molar-refractivity contribution < 1.29 is 44.0 Å². The van der Waals surface area contributed by atoms with Gasteiger partial charge in [-0.1, -0.05) is 18.4 Å². The number of alkyl carbamates (subject to hydrolysis) is 1. The molecule has 2 amide bonds. The predicted octanol–water partition coefficient (Wildman–Crippen LogP) is -0.411. The van der Waals surface area contributed by atoms with Gasteiger partial charge in [0.15, 0.2) is 7.28 Å². The van der Waals surface area contributed by atoms with Crippen molar-refractivity contribution in [2.24, 2.45) is 0 Å². The van der Waals surface area contributed by atoms with Crippen LogP contribution >= 0.6 is 0 Å². The molecule has 12 nitrogen and oxygen atoms in total. The Kier molecular flexibility index (Phi) is 11.2. The Balaban J connectivity index is 2.43. The number of amides is 2. The maximum atomic E-state index is 12.1. The van der Waals surface area contributed by atoms with Crippen molar-refractivity contribution in [1.82, 2.24) is 15.6 Å². The second kappa shape index (κ2) is 13.6. The molecule has 1 rings (SSSR count). The molecule has 0 saturated carbocycles. The van der Waals surface area contributed by atoms with E-state index >= 15 is 0 Å². The Hall–Kier alpha value is -3.64. The smallest absolute Gasteiger partial charge is 0.408 e. The molecule has 0 aliphatic carbocycles. The Bertz CT molecular complexity index is 834. The molecule has 0 fully saturated rings. The van der Waals surface area contributed by atoms with Crippen LogP contribution in [0.3, 0.4) is 0 Å². The number of nitrogens with one attached hydrogen (secondary N) is 2. The summed E-state index contributed by atoms with van der Waals surface area (Å²) in [7, 11) is 0.741. The van der Waals surface area contributed by atoms with Gasteiger partial charge in [-0.05, 0) is 25.7 Å².